The quantitative estimate of drug-likeness (QED) is 0.162. The largest absolute Gasteiger partial charge is 0.0871 e. The first-order valence-corrected chi connectivity index (χ1v) is 25.5. The number of aryl methyl sites for hydroxylation is 14. The molecule has 0 spiro atoms. The van der Waals surface area contributed by atoms with E-state index in [0.717, 1.165) is 6.42 Å². The van der Waals surface area contributed by atoms with Crippen LogP contribution in [-0.2, 0) is 11.8 Å². The Bertz CT molecular complexity index is 2540. The van der Waals surface area contributed by atoms with E-state index in [1.807, 2.05) is 55.5 Å². The van der Waals surface area contributed by atoms with Crippen LogP contribution >= 0.6 is 0 Å². The van der Waals surface area contributed by atoms with E-state index < -0.39 is 0 Å². The zero-order chi connectivity index (χ0) is 53.4. The fraction of sp³-hybridized carbons (Fsp3) is 0.296. The molecule has 0 nitrogen and oxygen atoms in total. The zero-order valence-corrected chi connectivity index (χ0v) is 47.8. The van der Waals surface area contributed by atoms with Gasteiger partial charge in [-0.1, -0.05) is 278 Å². The Kier molecular flexibility index (Phi) is 30.6. The van der Waals surface area contributed by atoms with E-state index in [9.17, 15) is 0 Å². The molecule has 0 aromatic heterocycles. The number of rotatable bonds is 2. The molecule has 71 heavy (non-hydrogen) atoms. The van der Waals surface area contributed by atoms with E-state index in [-0.39, 0.29) is 5.41 Å². The standard InChI is InChI=1S/C11H16.C10H14.2C9H12.C9H10.2C8H10.C7H8/c1-9-5-7-10(8-6-9)11(2,3)4;1-7-5-8(2)10(4)9(3)6-7;1-7-4-8(2)6-9(3)5-7;1-7-4-5-8(2)9(3)6-7;1-2-6-9-7-4-3-5-8-9;1-7-3-5-8(2)6-4-7;1-2-8-6-4-3-5-7-8;1-7-5-3-2-4-6-7/h5-8H,1-4H3;5-6H,1-4H3;2*4-6H,1-3H3;2-8H,1H3;3-6H,1-2H3;3-7H,2H2,1H3;2-6H,1H3/b;;;;6-2+;;;. The van der Waals surface area contributed by atoms with Gasteiger partial charge in [0.05, 0.1) is 0 Å². The molecule has 0 heteroatoms. The smallest absolute Gasteiger partial charge is 0.0132 e. The van der Waals surface area contributed by atoms with Crippen LogP contribution in [0.15, 0.2) is 194 Å². The summed E-state index contributed by atoms with van der Waals surface area (Å²) >= 11 is 0. The van der Waals surface area contributed by atoms with Gasteiger partial charge in [-0.2, -0.15) is 0 Å². The summed E-state index contributed by atoms with van der Waals surface area (Å²) < 4.78 is 0. The van der Waals surface area contributed by atoms with E-state index in [1.54, 1.807) is 0 Å². The lowest BCUT2D eigenvalue weighted by atomic mass is 9.87. The van der Waals surface area contributed by atoms with Gasteiger partial charge in [-0.3, -0.25) is 0 Å². The van der Waals surface area contributed by atoms with E-state index in [4.69, 9.17) is 0 Å². The summed E-state index contributed by atoms with van der Waals surface area (Å²) in [6, 6.07) is 65.7. The molecule has 0 fully saturated rings. The van der Waals surface area contributed by atoms with Crippen LogP contribution in [0.1, 0.15) is 129 Å². The number of hydrogen-bond donors (Lipinski definition) is 0. The van der Waals surface area contributed by atoms with Gasteiger partial charge >= 0.3 is 0 Å². The van der Waals surface area contributed by atoms with Crippen molar-refractivity contribution in [2.24, 2.45) is 0 Å². The summed E-state index contributed by atoms with van der Waals surface area (Å²) in [7, 11) is 0. The predicted octanol–water partition coefficient (Wildman–Crippen LogP) is 20.7. The Morgan fingerprint density at radius 3 is 0.986 bits per heavy atom. The molecule has 8 aromatic rings. The van der Waals surface area contributed by atoms with Gasteiger partial charge in [-0.25, -0.2) is 0 Å². The first kappa shape index (κ1) is 62.5. The Labute approximate surface area is 436 Å². The van der Waals surface area contributed by atoms with Crippen molar-refractivity contribution in [1.82, 2.24) is 0 Å². The number of hydrogen-bond acceptors (Lipinski definition) is 0. The highest BCUT2D eigenvalue weighted by Gasteiger charge is 2.12. The summed E-state index contributed by atoms with van der Waals surface area (Å²) in [6.45, 7) is 40.7. The molecule has 0 radical (unpaired) electrons. The summed E-state index contributed by atoms with van der Waals surface area (Å²) in [6.07, 6.45) is 5.26. The molecule has 0 aliphatic rings. The Hall–Kier alpha value is -6.50. The first-order chi connectivity index (χ1) is 33.5. The van der Waals surface area contributed by atoms with Crippen LogP contribution in [-0.4, -0.2) is 0 Å². The second-order valence-corrected chi connectivity index (χ2v) is 20.0. The molecule has 8 aromatic carbocycles. The van der Waals surface area contributed by atoms with Crippen LogP contribution in [0.4, 0.5) is 0 Å². The summed E-state index contributed by atoms with van der Waals surface area (Å²) in [4.78, 5) is 0. The van der Waals surface area contributed by atoms with Crippen molar-refractivity contribution < 1.29 is 0 Å². The lowest BCUT2D eigenvalue weighted by Gasteiger charge is -2.18. The minimum absolute atomic E-state index is 0.285. The Balaban J connectivity index is 0.000000407. The summed E-state index contributed by atoms with van der Waals surface area (Å²) in [5, 5.41) is 0. The van der Waals surface area contributed by atoms with Gasteiger partial charge < -0.3 is 0 Å². The number of benzene rings is 8. The molecule has 0 saturated carbocycles. The zero-order valence-electron chi connectivity index (χ0n) is 47.8. The fourth-order valence-corrected chi connectivity index (χ4v) is 7.04. The van der Waals surface area contributed by atoms with Crippen LogP contribution < -0.4 is 0 Å². The van der Waals surface area contributed by atoms with Gasteiger partial charge in [0, 0.05) is 0 Å². The third kappa shape index (κ3) is 30.0. The normalized spacial score (nSPS) is 9.90. The van der Waals surface area contributed by atoms with Crippen molar-refractivity contribution in [3.63, 3.8) is 0 Å². The summed E-state index contributed by atoms with van der Waals surface area (Å²) in [5.41, 5.74) is 23.4. The molecule has 0 saturated heterocycles. The fourth-order valence-electron chi connectivity index (χ4n) is 7.04. The molecular weight excluding hydrogens is 853 g/mol. The maximum atomic E-state index is 2.23. The van der Waals surface area contributed by atoms with Crippen molar-refractivity contribution in [2.45, 2.75) is 143 Å². The maximum Gasteiger partial charge on any atom is -0.0132 e. The highest BCUT2D eigenvalue weighted by Crippen LogP contribution is 2.22. The van der Waals surface area contributed by atoms with Crippen molar-refractivity contribution >= 4 is 6.08 Å². The third-order valence-electron chi connectivity index (χ3n) is 11.6. The van der Waals surface area contributed by atoms with Gasteiger partial charge in [0.15, 0.2) is 0 Å². The van der Waals surface area contributed by atoms with Gasteiger partial charge in [0.25, 0.3) is 0 Å². The van der Waals surface area contributed by atoms with Crippen molar-refractivity contribution in [3.05, 3.63) is 289 Å². The second kappa shape index (κ2) is 34.7. The van der Waals surface area contributed by atoms with Crippen LogP contribution in [0.25, 0.3) is 6.08 Å². The minimum Gasteiger partial charge on any atom is -0.0871 e. The third-order valence-corrected chi connectivity index (χ3v) is 11.6. The van der Waals surface area contributed by atoms with Crippen molar-refractivity contribution in [2.75, 3.05) is 0 Å². The molecule has 0 heterocycles. The Morgan fingerprint density at radius 2 is 0.662 bits per heavy atom. The molecule has 0 bridgehead atoms. The van der Waals surface area contributed by atoms with E-state index in [0.29, 0.717) is 0 Å². The molecular formula is C71H92. The Morgan fingerprint density at radius 1 is 0.324 bits per heavy atom. The molecule has 0 aliphatic heterocycles. The molecule has 0 amide bonds. The predicted molar refractivity (Wildman–Crippen MR) is 321 cm³/mol. The van der Waals surface area contributed by atoms with Gasteiger partial charge in [-0.05, 0) is 160 Å². The van der Waals surface area contributed by atoms with Crippen molar-refractivity contribution in [3.8, 4) is 0 Å². The lowest BCUT2D eigenvalue weighted by Crippen LogP contribution is -2.10. The van der Waals surface area contributed by atoms with Crippen LogP contribution in [0, 0.1) is 96.9 Å². The van der Waals surface area contributed by atoms with Crippen LogP contribution in [0.5, 0.6) is 0 Å². The van der Waals surface area contributed by atoms with Crippen LogP contribution in [0.3, 0.4) is 0 Å². The SMILES string of the molecule is C/C=C/c1ccccc1.CCc1ccccc1.Cc1cc(C)c(C)c(C)c1.Cc1cc(C)cc(C)c1.Cc1ccc(C(C)(C)C)cc1.Cc1ccc(C)c(C)c1.Cc1ccc(C)cc1.Cc1ccccc1. The minimum atomic E-state index is 0.285. The van der Waals surface area contributed by atoms with Gasteiger partial charge in [0.1, 0.15) is 0 Å². The highest BCUT2D eigenvalue weighted by molar-refractivity contribution is 5.48. The number of allylic oxidation sites excluding steroid dienone is 1. The molecule has 8 rings (SSSR count). The van der Waals surface area contributed by atoms with Crippen molar-refractivity contribution in [1.29, 1.82) is 0 Å². The lowest BCUT2D eigenvalue weighted by molar-refractivity contribution is 0.590. The molecule has 0 N–H and O–H groups in total. The van der Waals surface area contributed by atoms with Crippen LogP contribution in [0.2, 0.25) is 0 Å². The molecule has 376 valence electrons. The molecule has 0 atom stereocenters. The molecule has 0 aliphatic carbocycles. The van der Waals surface area contributed by atoms with E-state index in [1.165, 1.54) is 94.6 Å². The average molecular weight is 946 g/mol. The highest BCUT2D eigenvalue weighted by atomic mass is 14.2. The van der Waals surface area contributed by atoms with E-state index in [2.05, 4.69) is 276 Å². The maximum absolute atomic E-state index is 2.23. The second-order valence-electron chi connectivity index (χ2n) is 20.0. The first-order valence-electron chi connectivity index (χ1n) is 25.5. The topological polar surface area (TPSA) is 0 Å². The van der Waals surface area contributed by atoms with E-state index >= 15 is 0 Å². The van der Waals surface area contributed by atoms with Gasteiger partial charge in [-0.15, -0.1) is 0 Å². The monoisotopic (exact) mass is 945 g/mol. The molecule has 0 unspecified atom stereocenters. The van der Waals surface area contributed by atoms with Gasteiger partial charge in [0.2, 0.25) is 0 Å². The summed E-state index contributed by atoms with van der Waals surface area (Å²) in [5.74, 6) is 0. The average Bonchev–Trinajstić information content (AvgIpc) is 3.32.